The predicted octanol–water partition coefficient (Wildman–Crippen LogP) is 1.98. The van der Waals surface area contributed by atoms with Crippen LogP contribution in [-0.2, 0) is 16.8 Å². The van der Waals surface area contributed by atoms with E-state index in [1.807, 2.05) is 23.6 Å². The van der Waals surface area contributed by atoms with E-state index in [-0.39, 0.29) is 0 Å². The van der Waals surface area contributed by atoms with Crippen LogP contribution in [0.4, 0.5) is 11.4 Å². The number of anilines is 2. The highest BCUT2D eigenvalue weighted by atomic mass is 32.2. The Balaban J connectivity index is 2.03. The number of hydrogen-bond acceptors (Lipinski definition) is 4. The Morgan fingerprint density at radius 2 is 1.94 bits per heavy atom. The third-order valence-electron chi connectivity index (χ3n) is 2.17. The lowest BCUT2D eigenvalue weighted by atomic mass is 10.3. The van der Waals surface area contributed by atoms with E-state index >= 15 is 0 Å². The number of rotatable bonds is 5. The Kier molecular flexibility index (Phi) is 3.85. The highest BCUT2D eigenvalue weighted by Gasteiger charge is 2.02. The molecular formula is C11H13N3O2S2. The van der Waals surface area contributed by atoms with Crippen LogP contribution >= 0.6 is 11.3 Å². The van der Waals surface area contributed by atoms with Crippen molar-refractivity contribution in [2.75, 3.05) is 10.0 Å². The average Bonchev–Trinajstić information content (AvgIpc) is 2.77. The smallest absolute Gasteiger partial charge is 0.296 e. The van der Waals surface area contributed by atoms with Crippen LogP contribution in [0.5, 0.6) is 0 Å². The molecule has 4 N–H and O–H groups in total. The molecule has 0 aliphatic carbocycles. The van der Waals surface area contributed by atoms with Crippen molar-refractivity contribution in [2.24, 2.45) is 5.14 Å². The molecule has 96 valence electrons. The van der Waals surface area contributed by atoms with Crippen LogP contribution in [0.3, 0.4) is 0 Å². The first-order chi connectivity index (χ1) is 8.53. The zero-order chi connectivity index (χ0) is 13.0. The van der Waals surface area contributed by atoms with Crippen molar-refractivity contribution in [1.82, 2.24) is 0 Å². The molecule has 0 radical (unpaired) electrons. The lowest BCUT2D eigenvalue weighted by Crippen LogP contribution is -2.21. The third kappa shape index (κ3) is 4.02. The maximum atomic E-state index is 10.9. The maximum absolute atomic E-state index is 10.9. The molecule has 0 saturated carbocycles. The average molecular weight is 283 g/mol. The second-order valence-electron chi connectivity index (χ2n) is 3.66. The molecule has 1 aromatic heterocycles. The minimum absolute atomic E-state index is 0.439. The molecule has 1 heterocycles. The lowest BCUT2D eigenvalue weighted by Gasteiger charge is -2.08. The Hall–Kier alpha value is -1.57. The van der Waals surface area contributed by atoms with E-state index < -0.39 is 10.2 Å². The van der Waals surface area contributed by atoms with E-state index in [9.17, 15) is 8.42 Å². The molecule has 0 amide bonds. The van der Waals surface area contributed by atoms with Gasteiger partial charge in [-0.3, -0.25) is 4.72 Å². The fraction of sp³-hybridized carbons (Fsp3) is 0.0909. The molecule has 0 aliphatic heterocycles. The van der Waals surface area contributed by atoms with Gasteiger partial charge in [0.2, 0.25) is 0 Å². The number of hydrogen-bond donors (Lipinski definition) is 3. The Morgan fingerprint density at radius 1 is 1.17 bits per heavy atom. The van der Waals surface area contributed by atoms with Crippen molar-refractivity contribution in [1.29, 1.82) is 0 Å². The number of nitrogens with two attached hydrogens (primary N) is 1. The lowest BCUT2D eigenvalue weighted by molar-refractivity contribution is 0.603. The Bertz CT molecular complexity index is 609. The number of nitrogens with one attached hydrogen (secondary N) is 2. The van der Waals surface area contributed by atoms with Crippen molar-refractivity contribution in [3.63, 3.8) is 0 Å². The summed E-state index contributed by atoms with van der Waals surface area (Å²) in [7, 11) is -3.73. The van der Waals surface area contributed by atoms with Crippen LogP contribution in [0.15, 0.2) is 41.8 Å². The molecule has 5 nitrogen and oxygen atoms in total. The molecule has 0 bridgehead atoms. The summed E-state index contributed by atoms with van der Waals surface area (Å²) in [4.78, 5) is 1.21. The Labute approximate surface area is 110 Å². The summed E-state index contributed by atoms with van der Waals surface area (Å²) >= 11 is 1.66. The van der Waals surface area contributed by atoms with Gasteiger partial charge in [-0.25, -0.2) is 5.14 Å². The van der Waals surface area contributed by atoms with Crippen molar-refractivity contribution in [3.05, 3.63) is 46.7 Å². The van der Waals surface area contributed by atoms with Gasteiger partial charge in [0.05, 0.1) is 5.69 Å². The second kappa shape index (κ2) is 5.38. The molecule has 18 heavy (non-hydrogen) atoms. The second-order valence-corrected chi connectivity index (χ2v) is 5.99. The van der Waals surface area contributed by atoms with Gasteiger partial charge in [0.25, 0.3) is 10.2 Å². The zero-order valence-corrected chi connectivity index (χ0v) is 11.1. The molecule has 0 saturated heterocycles. The van der Waals surface area contributed by atoms with Gasteiger partial charge in [-0.1, -0.05) is 12.1 Å². The van der Waals surface area contributed by atoms with Crippen LogP contribution < -0.4 is 15.2 Å². The molecule has 7 heteroatoms. The van der Waals surface area contributed by atoms with Crippen molar-refractivity contribution < 1.29 is 8.42 Å². The van der Waals surface area contributed by atoms with E-state index in [2.05, 4.69) is 10.0 Å². The predicted molar refractivity (Wildman–Crippen MR) is 74.8 cm³/mol. The summed E-state index contributed by atoms with van der Waals surface area (Å²) in [5, 5.41) is 10.1. The zero-order valence-electron chi connectivity index (χ0n) is 9.46. The molecule has 2 aromatic rings. The van der Waals surface area contributed by atoms with Crippen LogP contribution in [0.2, 0.25) is 0 Å². The standard InChI is InChI=1S/C11H13N3O2S2/c12-18(15,16)14-10-4-1-3-9(7-10)13-8-11-5-2-6-17-11/h1-7,13-14H,8H2,(H2,12,15,16). The van der Waals surface area contributed by atoms with E-state index in [1.165, 1.54) is 4.88 Å². The quantitative estimate of drug-likeness (QED) is 0.784. The highest BCUT2D eigenvalue weighted by Crippen LogP contribution is 2.17. The van der Waals surface area contributed by atoms with E-state index in [1.54, 1.807) is 29.5 Å². The van der Waals surface area contributed by atoms with Gasteiger partial charge in [-0.15, -0.1) is 11.3 Å². The fourth-order valence-corrected chi connectivity index (χ4v) is 2.56. The Morgan fingerprint density at radius 3 is 2.61 bits per heavy atom. The molecule has 0 aliphatic rings. The summed E-state index contributed by atoms with van der Waals surface area (Å²) in [5.41, 5.74) is 1.27. The van der Waals surface area contributed by atoms with Gasteiger partial charge in [0.1, 0.15) is 0 Å². The monoisotopic (exact) mass is 283 g/mol. The summed E-state index contributed by atoms with van der Waals surface area (Å²) in [6.07, 6.45) is 0. The first-order valence-electron chi connectivity index (χ1n) is 5.20. The molecular weight excluding hydrogens is 270 g/mol. The molecule has 2 rings (SSSR count). The first kappa shape index (κ1) is 12.9. The largest absolute Gasteiger partial charge is 0.380 e. The van der Waals surface area contributed by atoms with Crippen LogP contribution in [0, 0.1) is 0 Å². The minimum Gasteiger partial charge on any atom is -0.380 e. The third-order valence-corrected chi connectivity index (χ3v) is 3.57. The number of thiophene rings is 1. The van der Waals surface area contributed by atoms with E-state index in [0.717, 1.165) is 5.69 Å². The van der Waals surface area contributed by atoms with Gasteiger partial charge >= 0.3 is 0 Å². The maximum Gasteiger partial charge on any atom is 0.296 e. The summed E-state index contributed by atoms with van der Waals surface area (Å²) < 4.78 is 24.0. The SMILES string of the molecule is NS(=O)(=O)Nc1cccc(NCc2cccs2)c1. The molecule has 0 spiro atoms. The van der Waals surface area contributed by atoms with E-state index in [4.69, 9.17) is 5.14 Å². The summed E-state index contributed by atoms with van der Waals surface area (Å²) in [6, 6.07) is 11.0. The van der Waals surface area contributed by atoms with Crippen molar-refractivity contribution in [2.45, 2.75) is 6.54 Å². The summed E-state index contributed by atoms with van der Waals surface area (Å²) in [5.74, 6) is 0. The molecule has 1 aromatic carbocycles. The summed E-state index contributed by atoms with van der Waals surface area (Å²) in [6.45, 7) is 0.705. The van der Waals surface area contributed by atoms with Crippen LogP contribution in [0.1, 0.15) is 4.88 Å². The topological polar surface area (TPSA) is 84.2 Å². The number of benzene rings is 1. The van der Waals surface area contributed by atoms with Gasteiger partial charge in [0, 0.05) is 17.1 Å². The molecule has 0 unspecified atom stereocenters. The highest BCUT2D eigenvalue weighted by molar-refractivity contribution is 7.90. The van der Waals surface area contributed by atoms with Crippen LogP contribution in [0.25, 0.3) is 0 Å². The van der Waals surface area contributed by atoms with Gasteiger partial charge in [-0.05, 0) is 29.6 Å². The van der Waals surface area contributed by atoms with Crippen LogP contribution in [-0.4, -0.2) is 8.42 Å². The van der Waals surface area contributed by atoms with E-state index in [0.29, 0.717) is 12.2 Å². The van der Waals surface area contributed by atoms with Crippen molar-refractivity contribution >= 4 is 32.9 Å². The fourth-order valence-electron chi connectivity index (χ4n) is 1.46. The normalized spacial score (nSPS) is 11.2. The minimum atomic E-state index is -3.73. The first-order valence-corrected chi connectivity index (χ1v) is 7.62. The van der Waals surface area contributed by atoms with Gasteiger partial charge in [0.15, 0.2) is 0 Å². The van der Waals surface area contributed by atoms with Gasteiger partial charge < -0.3 is 5.32 Å². The van der Waals surface area contributed by atoms with Crippen molar-refractivity contribution in [3.8, 4) is 0 Å². The molecule has 0 fully saturated rings. The van der Waals surface area contributed by atoms with Gasteiger partial charge in [-0.2, -0.15) is 8.42 Å². The molecule has 0 atom stereocenters.